The average Bonchev–Trinajstić information content (AvgIpc) is 3.14. The number of halogens is 1. The van der Waals surface area contributed by atoms with Crippen LogP contribution >= 0.6 is 23.4 Å². The van der Waals surface area contributed by atoms with Crippen LogP contribution in [-0.4, -0.2) is 39.5 Å². The predicted octanol–water partition coefficient (Wildman–Crippen LogP) is 4.91. The number of fused-ring (bicyclic) bond motifs is 3. The van der Waals surface area contributed by atoms with Crippen molar-refractivity contribution in [2.24, 2.45) is 9.98 Å². The molecule has 1 atom stereocenters. The molecule has 1 N–H and O–H groups in total. The van der Waals surface area contributed by atoms with Gasteiger partial charge in [-0.05, 0) is 35.9 Å². The first kappa shape index (κ1) is 21.4. The van der Waals surface area contributed by atoms with Crippen molar-refractivity contribution in [3.8, 4) is 0 Å². The molecule has 33 heavy (non-hydrogen) atoms. The molecule has 8 heteroatoms. The third kappa shape index (κ3) is 4.55. The number of benzene rings is 3. The first-order valence-corrected chi connectivity index (χ1v) is 11.8. The lowest BCUT2D eigenvalue weighted by atomic mass is 10.1. The summed E-state index contributed by atoms with van der Waals surface area (Å²) >= 11 is 7.20. The third-order valence-corrected chi connectivity index (χ3v) is 6.43. The van der Waals surface area contributed by atoms with Crippen LogP contribution < -0.4 is 5.32 Å². The summed E-state index contributed by atoms with van der Waals surface area (Å²) in [6.07, 6.45) is 0.509. The minimum absolute atomic E-state index is 0.0912. The van der Waals surface area contributed by atoms with Crippen molar-refractivity contribution in [1.29, 1.82) is 0 Å². The number of amides is 2. The molecule has 0 fully saturated rings. The Labute approximate surface area is 200 Å². The number of nitrogens with zero attached hydrogens (tertiary/aromatic N) is 3. The summed E-state index contributed by atoms with van der Waals surface area (Å²) in [5.41, 5.74) is 3.21. The maximum atomic E-state index is 13.3. The first-order valence-electron chi connectivity index (χ1n) is 10.4. The molecule has 0 aliphatic carbocycles. The Balaban J connectivity index is 1.37. The summed E-state index contributed by atoms with van der Waals surface area (Å²) in [4.78, 5) is 36.9. The molecule has 5 rings (SSSR count). The number of amidine groups is 2. The third-order valence-electron chi connectivity index (χ3n) is 5.26. The van der Waals surface area contributed by atoms with Crippen LogP contribution in [0.25, 0.3) is 0 Å². The zero-order chi connectivity index (χ0) is 22.8. The molecule has 0 saturated heterocycles. The number of hydrogen-bond donors (Lipinski definition) is 1. The highest BCUT2D eigenvalue weighted by molar-refractivity contribution is 8.14. The molecule has 2 amide bonds. The minimum atomic E-state index is -0.528. The van der Waals surface area contributed by atoms with Gasteiger partial charge in [0.15, 0.2) is 5.17 Å². The van der Waals surface area contributed by atoms with E-state index in [-0.39, 0.29) is 17.6 Å². The number of aliphatic imine (C=N–C) groups is 2. The number of anilines is 1. The van der Waals surface area contributed by atoms with E-state index in [2.05, 4.69) is 10.3 Å². The second kappa shape index (κ2) is 9.21. The van der Waals surface area contributed by atoms with Gasteiger partial charge in [0.25, 0.3) is 5.91 Å². The fraction of sp³-hybridized carbons (Fsp3) is 0.120. The number of hydrogen-bond acceptors (Lipinski definition) is 5. The van der Waals surface area contributed by atoms with Gasteiger partial charge in [-0.2, -0.15) is 0 Å². The molecule has 2 aliphatic heterocycles. The van der Waals surface area contributed by atoms with Gasteiger partial charge in [-0.3, -0.25) is 14.6 Å². The van der Waals surface area contributed by atoms with E-state index >= 15 is 0 Å². The molecule has 3 aromatic carbocycles. The Morgan fingerprint density at radius 1 is 1.03 bits per heavy atom. The van der Waals surface area contributed by atoms with Crippen molar-refractivity contribution >= 4 is 57.6 Å². The predicted molar refractivity (Wildman–Crippen MR) is 133 cm³/mol. The summed E-state index contributed by atoms with van der Waals surface area (Å²) in [6, 6.07) is 23.9. The summed E-state index contributed by atoms with van der Waals surface area (Å²) in [5.74, 6) is 0.331. The molecule has 2 heterocycles. The van der Waals surface area contributed by atoms with Crippen molar-refractivity contribution in [3.63, 3.8) is 0 Å². The van der Waals surface area contributed by atoms with Crippen LogP contribution in [0.1, 0.15) is 11.1 Å². The minimum Gasteiger partial charge on any atom is -0.325 e. The first-order chi connectivity index (χ1) is 16.1. The van der Waals surface area contributed by atoms with E-state index in [1.807, 2.05) is 54.6 Å². The van der Waals surface area contributed by atoms with E-state index in [1.54, 1.807) is 29.2 Å². The lowest BCUT2D eigenvalue weighted by Gasteiger charge is -2.25. The highest BCUT2D eigenvalue weighted by atomic mass is 35.5. The molecule has 3 aromatic rings. The van der Waals surface area contributed by atoms with Crippen molar-refractivity contribution in [2.75, 3.05) is 11.1 Å². The van der Waals surface area contributed by atoms with E-state index in [9.17, 15) is 9.59 Å². The number of carbonyl (C=O) groups is 2. The Morgan fingerprint density at radius 2 is 1.82 bits per heavy atom. The van der Waals surface area contributed by atoms with E-state index in [0.29, 0.717) is 28.1 Å². The number of thioether (sulfide) groups is 1. The van der Waals surface area contributed by atoms with Crippen LogP contribution in [-0.2, 0) is 16.0 Å². The van der Waals surface area contributed by atoms with E-state index in [1.165, 1.54) is 11.8 Å². The van der Waals surface area contributed by atoms with Crippen molar-refractivity contribution < 1.29 is 9.59 Å². The summed E-state index contributed by atoms with van der Waals surface area (Å²) in [5, 5.41) is 3.82. The zero-order valence-corrected chi connectivity index (χ0v) is 19.0. The molecule has 6 nitrogen and oxygen atoms in total. The van der Waals surface area contributed by atoms with Crippen LogP contribution in [0.2, 0.25) is 5.02 Å². The standard InChI is InChI=1S/C25H19ClN4O2S/c26-17-9-6-10-18(14-17)27-22(31)15-33-25-29-20-12-5-4-11-19(20)23-28-21(24(32)30(23)25)13-16-7-2-1-3-8-16/h1-12,14,21H,13,15H2,(H,27,31)/t21-/m1/s1. The summed E-state index contributed by atoms with van der Waals surface area (Å²) in [7, 11) is 0. The zero-order valence-electron chi connectivity index (χ0n) is 17.4. The lowest BCUT2D eigenvalue weighted by molar-refractivity contribution is -0.124. The second-order valence-corrected chi connectivity index (χ2v) is 8.97. The van der Waals surface area contributed by atoms with Crippen LogP contribution in [0.15, 0.2) is 88.8 Å². The van der Waals surface area contributed by atoms with Gasteiger partial charge in [0.05, 0.1) is 11.4 Å². The smallest absolute Gasteiger partial charge is 0.259 e. The molecule has 2 aliphatic rings. The molecule has 0 unspecified atom stereocenters. The van der Waals surface area contributed by atoms with Gasteiger partial charge in [0.2, 0.25) is 5.91 Å². The Kier molecular flexibility index (Phi) is 5.98. The molecule has 0 radical (unpaired) electrons. The number of para-hydroxylation sites is 1. The Bertz CT molecular complexity index is 1290. The Morgan fingerprint density at radius 3 is 2.64 bits per heavy atom. The number of rotatable bonds is 5. The number of nitrogens with one attached hydrogen (secondary N) is 1. The van der Waals surface area contributed by atoms with Gasteiger partial charge in [-0.1, -0.05) is 71.9 Å². The second-order valence-electron chi connectivity index (χ2n) is 7.59. The van der Waals surface area contributed by atoms with Crippen molar-refractivity contribution in [1.82, 2.24) is 4.90 Å². The summed E-state index contributed by atoms with van der Waals surface area (Å²) < 4.78 is 0. The SMILES string of the molecule is O=C(CSC1=Nc2ccccc2C2=N[C@H](Cc3ccccc3)C(=O)N12)Nc1cccc(Cl)c1. The van der Waals surface area contributed by atoms with Gasteiger partial charge in [0, 0.05) is 22.7 Å². The van der Waals surface area contributed by atoms with Gasteiger partial charge in [-0.25, -0.2) is 9.89 Å². The lowest BCUT2D eigenvalue weighted by Crippen LogP contribution is -2.41. The van der Waals surface area contributed by atoms with Crippen molar-refractivity contribution in [2.45, 2.75) is 12.5 Å². The van der Waals surface area contributed by atoms with E-state index in [0.717, 1.165) is 16.8 Å². The van der Waals surface area contributed by atoms with E-state index < -0.39 is 6.04 Å². The highest BCUT2D eigenvalue weighted by Gasteiger charge is 2.41. The molecule has 164 valence electrons. The average molecular weight is 475 g/mol. The topological polar surface area (TPSA) is 74.1 Å². The maximum Gasteiger partial charge on any atom is 0.259 e. The van der Waals surface area contributed by atoms with E-state index in [4.69, 9.17) is 16.6 Å². The van der Waals surface area contributed by atoms with Gasteiger partial charge >= 0.3 is 0 Å². The largest absolute Gasteiger partial charge is 0.325 e. The molecule has 0 aromatic heterocycles. The van der Waals surface area contributed by atoms with Gasteiger partial charge in [0.1, 0.15) is 11.9 Å². The highest BCUT2D eigenvalue weighted by Crippen LogP contribution is 2.34. The quantitative estimate of drug-likeness (QED) is 0.570. The molecule has 0 bridgehead atoms. The normalized spacial score (nSPS) is 16.6. The number of carbonyl (C=O) groups excluding carboxylic acids is 2. The molecular weight excluding hydrogens is 456 g/mol. The monoisotopic (exact) mass is 474 g/mol. The van der Waals surface area contributed by atoms with Crippen LogP contribution in [0.4, 0.5) is 11.4 Å². The van der Waals surface area contributed by atoms with Gasteiger partial charge < -0.3 is 5.32 Å². The fourth-order valence-corrected chi connectivity index (χ4v) is 4.75. The summed E-state index contributed by atoms with van der Waals surface area (Å²) in [6.45, 7) is 0. The molecule has 0 saturated carbocycles. The fourth-order valence-electron chi connectivity index (χ4n) is 3.76. The Hall–Kier alpha value is -3.42. The molecular formula is C25H19ClN4O2S. The van der Waals surface area contributed by atoms with Gasteiger partial charge in [-0.15, -0.1) is 0 Å². The van der Waals surface area contributed by atoms with Crippen molar-refractivity contribution in [3.05, 3.63) is 95.0 Å². The van der Waals surface area contributed by atoms with Crippen LogP contribution in [0.5, 0.6) is 0 Å². The maximum absolute atomic E-state index is 13.3. The van der Waals surface area contributed by atoms with Crippen LogP contribution in [0, 0.1) is 0 Å². The van der Waals surface area contributed by atoms with Crippen LogP contribution in [0.3, 0.4) is 0 Å². The molecule has 0 spiro atoms.